The molecule has 0 saturated heterocycles. The predicted molar refractivity (Wildman–Crippen MR) is 59.3 cm³/mol. The van der Waals surface area contributed by atoms with Crippen LogP contribution in [0.2, 0.25) is 0 Å². The van der Waals surface area contributed by atoms with E-state index in [0.29, 0.717) is 6.54 Å². The molecule has 0 aliphatic heterocycles. The molecule has 0 amide bonds. The van der Waals surface area contributed by atoms with Crippen LogP contribution in [0.4, 0.5) is 0 Å². The van der Waals surface area contributed by atoms with Gasteiger partial charge in [-0.2, -0.15) is 0 Å². The first-order valence-corrected chi connectivity index (χ1v) is 5.38. The van der Waals surface area contributed by atoms with Gasteiger partial charge in [-0.3, -0.25) is 0 Å². The Morgan fingerprint density at radius 3 is 3.00 bits per heavy atom. The average Bonchev–Trinajstić information content (AvgIpc) is 2.26. The molecule has 3 heteroatoms. The Morgan fingerprint density at radius 1 is 1.64 bits per heavy atom. The zero-order valence-electron chi connectivity index (χ0n) is 9.09. The molecule has 0 bridgehead atoms. The molecular weight excluding hydrogens is 176 g/mol. The van der Waals surface area contributed by atoms with Crippen molar-refractivity contribution in [1.29, 1.82) is 0 Å². The number of hydrogen-bond acceptors (Lipinski definition) is 3. The van der Waals surface area contributed by atoms with Crippen LogP contribution in [-0.4, -0.2) is 31.8 Å². The maximum absolute atomic E-state index is 5.87. The van der Waals surface area contributed by atoms with Gasteiger partial charge in [0.1, 0.15) is 0 Å². The quantitative estimate of drug-likeness (QED) is 0.649. The predicted octanol–water partition coefficient (Wildman–Crippen LogP) is 1.05. The summed E-state index contributed by atoms with van der Waals surface area (Å²) in [6, 6.07) is 0. The standard InChI is InChI=1S/C11H22N2O/c1-3-8-13-11(9-12)7-5-4-6-10(11)14-2/h3,10,13H,1,4-9,12H2,2H3. The van der Waals surface area contributed by atoms with Crippen molar-refractivity contribution < 1.29 is 4.74 Å². The Morgan fingerprint density at radius 2 is 2.43 bits per heavy atom. The molecule has 3 nitrogen and oxygen atoms in total. The first-order chi connectivity index (χ1) is 6.79. The molecule has 0 aromatic heterocycles. The molecule has 1 rings (SSSR count). The molecule has 14 heavy (non-hydrogen) atoms. The first-order valence-electron chi connectivity index (χ1n) is 5.38. The van der Waals surface area contributed by atoms with Gasteiger partial charge in [0.15, 0.2) is 0 Å². The average molecular weight is 198 g/mol. The molecule has 82 valence electrons. The number of nitrogens with two attached hydrogens (primary N) is 1. The molecular formula is C11H22N2O. The third-order valence-electron chi connectivity index (χ3n) is 3.20. The molecule has 0 aromatic rings. The Bertz CT molecular complexity index is 184. The summed E-state index contributed by atoms with van der Waals surface area (Å²) in [5.41, 5.74) is 5.84. The number of nitrogens with one attached hydrogen (secondary N) is 1. The van der Waals surface area contributed by atoms with Crippen LogP contribution in [-0.2, 0) is 4.74 Å². The van der Waals surface area contributed by atoms with E-state index in [0.717, 1.165) is 19.4 Å². The van der Waals surface area contributed by atoms with Crippen LogP contribution in [0.3, 0.4) is 0 Å². The summed E-state index contributed by atoms with van der Waals surface area (Å²) in [6.45, 7) is 5.16. The van der Waals surface area contributed by atoms with Crippen molar-refractivity contribution in [1.82, 2.24) is 5.32 Å². The molecule has 1 aliphatic carbocycles. The molecule has 0 aromatic carbocycles. The van der Waals surface area contributed by atoms with Gasteiger partial charge in [0, 0.05) is 20.2 Å². The van der Waals surface area contributed by atoms with Crippen molar-refractivity contribution in [2.45, 2.75) is 37.3 Å². The fraction of sp³-hybridized carbons (Fsp3) is 0.818. The second-order valence-electron chi connectivity index (χ2n) is 4.00. The Labute approximate surface area is 86.7 Å². The highest BCUT2D eigenvalue weighted by atomic mass is 16.5. The van der Waals surface area contributed by atoms with Crippen molar-refractivity contribution in [3.8, 4) is 0 Å². The lowest BCUT2D eigenvalue weighted by molar-refractivity contribution is -0.00681. The van der Waals surface area contributed by atoms with E-state index in [2.05, 4.69) is 11.9 Å². The number of methoxy groups -OCH3 is 1. The molecule has 2 unspecified atom stereocenters. The smallest absolute Gasteiger partial charge is 0.0765 e. The van der Waals surface area contributed by atoms with Crippen molar-refractivity contribution >= 4 is 0 Å². The van der Waals surface area contributed by atoms with Crippen molar-refractivity contribution in [2.24, 2.45) is 5.73 Å². The number of ether oxygens (including phenoxy) is 1. The van der Waals surface area contributed by atoms with Gasteiger partial charge in [-0.25, -0.2) is 0 Å². The highest BCUT2D eigenvalue weighted by Crippen LogP contribution is 2.29. The van der Waals surface area contributed by atoms with Crippen LogP contribution < -0.4 is 11.1 Å². The van der Waals surface area contributed by atoms with E-state index in [-0.39, 0.29) is 11.6 Å². The van der Waals surface area contributed by atoms with Crippen LogP contribution >= 0.6 is 0 Å². The fourth-order valence-electron chi connectivity index (χ4n) is 2.33. The lowest BCUT2D eigenvalue weighted by Crippen LogP contribution is -2.61. The third-order valence-corrected chi connectivity index (χ3v) is 3.20. The summed E-state index contributed by atoms with van der Waals surface area (Å²) >= 11 is 0. The van der Waals surface area contributed by atoms with E-state index in [9.17, 15) is 0 Å². The summed E-state index contributed by atoms with van der Waals surface area (Å²) in [7, 11) is 1.77. The minimum Gasteiger partial charge on any atom is -0.379 e. The van der Waals surface area contributed by atoms with Gasteiger partial charge in [-0.1, -0.05) is 18.9 Å². The highest BCUT2D eigenvalue weighted by molar-refractivity contribution is 5.00. The van der Waals surface area contributed by atoms with Gasteiger partial charge in [0.05, 0.1) is 11.6 Å². The Balaban J connectivity index is 2.65. The van der Waals surface area contributed by atoms with Gasteiger partial charge in [-0.15, -0.1) is 6.58 Å². The Hall–Kier alpha value is -0.380. The zero-order chi connectivity index (χ0) is 10.4. The van der Waals surface area contributed by atoms with E-state index < -0.39 is 0 Å². The maximum atomic E-state index is 5.87. The van der Waals surface area contributed by atoms with Crippen LogP contribution in [0.1, 0.15) is 25.7 Å². The summed E-state index contributed by atoms with van der Waals surface area (Å²) in [4.78, 5) is 0. The second kappa shape index (κ2) is 5.49. The van der Waals surface area contributed by atoms with E-state index >= 15 is 0 Å². The molecule has 3 N–H and O–H groups in total. The molecule has 0 radical (unpaired) electrons. The lowest BCUT2D eigenvalue weighted by atomic mass is 9.79. The van der Waals surface area contributed by atoms with Crippen LogP contribution in [0, 0.1) is 0 Å². The first kappa shape index (κ1) is 11.7. The molecule has 1 saturated carbocycles. The molecule has 0 spiro atoms. The maximum Gasteiger partial charge on any atom is 0.0765 e. The summed E-state index contributed by atoms with van der Waals surface area (Å²) in [5.74, 6) is 0. The van der Waals surface area contributed by atoms with Crippen LogP contribution in [0.15, 0.2) is 12.7 Å². The van der Waals surface area contributed by atoms with Crippen molar-refractivity contribution in [3.05, 3.63) is 12.7 Å². The van der Waals surface area contributed by atoms with Crippen LogP contribution in [0.25, 0.3) is 0 Å². The number of hydrogen-bond donors (Lipinski definition) is 2. The summed E-state index contributed by atoms with van der Waals surface area (Å²) < 4.78 is 5.52. The normalized spacial score (nSPS) is 32.9. The Kier molecular flexibility index (Phi) is 4.58. The number of rotatable bonds is 5. The highest BCUT2D eigenvalue weighted by Gasteiger charge is 2.39. The van der Waals surface area contributed by atoms with Crippen molar-refractivity contribution in [3.63, 3.8) is 0 Å². The summed E-state index contributed by atoms with van der Waals surface area (Å²) in [5, 5.41) is 3.47. The monoisotopic (exact) mass is 198 g/mol. The van der Waals surface area contributed by atoms with E-state index in [4.69, 9.17) is 10.5 Å². The van der Waals surface area contributed by atoms with Gasteiger partial charge < -0.3 is 15.8 Å². The van der Waals surface area contributed by atoms with E-state index in [1.54, 1.807) is 7.11 Å². The van der Waals surface area contributed by atoms with Gasteiger partial charge in [0.2, 0.25) is 0 Å². The minimum atomic E-state index is -0.0266. The van der Waals surface area contributed by atoms with E-state index in [1.165, 1.54) is 12.8 Å². The van der Waals surface area contributed by atoms with Gasteiger partial charge in [0.25, 0.3) is 0 Å². The topological polar surface area (TPSA) is 47.3 Å². The summed E-state index contributed by atoms with van der Waals surface area (Å²) in [6.07, 6.45) is 6.82. The van der Waals surface area contributed by atoms with E-state index in [1.807, 2.05) is 6.08 Å². The zero-order valence-corrected chi connectivity index (χ0v) is 9.09. The largest absolute Gasteiger partial charge is 0.379 e. The molecule has 2 atom stereocenters. The SMILES string of the molecule is C=CCNC1(CN)CCCCC1OC. The van der Waals surface area contributed by atoms with Gasteiger partial charge >= 0.3 is 0 Å². The van der Waals surface area contributed by atoms with Crippen molar-refractivity contribution in [2.75, 3.05) is 20.2 Å². The lowest BCUT2D eigenvalue weighted by Gasteiger charge is -2.43. The molecule has 1 aliphatic rings. The molecule has 0 heterocycles. The van der Waals surface area contributed by atoms with Gasteiger partial charge in [-0.05, 0) is 12.8 Å². The minimum absolute atomic E-state index is 0.0266. The molecule has 1 fully saturated rings. The third kappa shape index (κ3) is 2.35. The van der Waals surface area contributed by atoms with Crippen LogP contribution in [0.5, 0.6) is 0 Å². The second-order valence-corrected chi connectivity index (χ2v) is 4.00. The fourth-order valence-corrected chi connectivity index (χ4v) is 2.33.